The summed E-state index contributed by atoms with van der Waals surface area (Å²) in [6, 6.07) is 16.7. The van der Waals surface area contributed by atoms with E-state index in [1.807, 2.05) is 35.2 Å². The fraction of sp³-hybridized carbons (Fsp3) is 0.308. The van der Waals surface area contributed by atoms with Crippen LogP contribution in [-0.2, 0) is 0 Å². The summed E-state index contributed by atoms with van der Waals surface area (Å²) in [5.74, 6) is 0.901. The monoisotopic (exact) mass is 427 g/mol. The Morgan fingerprint density at radius 3 is 2.31 bits per heavy atom. The first-order valence-corrected chi connectivity index (χ1v) is 11.2. The largest absolute Gasteiger partial charge is 0.492 e. The molecule has 1 aliphatic rings. The minimum absolute atomic E-state index is 0.714. The van der Waals surface area contributed by atoms with Gasteiger partial charge in [0.2, 0.25) is 0 Å². The molecule has 32 heavy (non-hydrogen) atoms. The zero-order valence-corrected chi connectivity index (χ0v) is 18.7. The average molecular weight is 428 g/mol. The van der Waals surface area contributed by atoms with E-state index in [9.17, 15) is 0 Å². The van der Waals surface area contributed by atoms with Gasteiger partial charge in [0, 0.05) is 56.2 Å². The third-order valence-corrected chi connectivity index (χ3v) is 6.18. The van der Waals surface area contributed by atoms with Gasteiger partial charge in [-0.25, -0.2) is 9.50 Å². The highest BCUT2D eigenvalue weighted by molar-refractivity contribution is 5.78. The van der Waals surface area contributed by atoms with Gasteiger partial charge in [0.05, 0.1) is 6.20 Å². The van der Waals surface area contributed by atoms with Crippen molar-refractivity contribution in [2.45, 2.75) is 6.92 Å². The molecule has 164 valence electrons. The summed E-state index contributed by atoms with van der Waals surface area (Å²) in [5.41, 5.74) is 6.40. The lowest BCUT2D eigenvalue weighted by Gasteiger charge is -2.32. The lowest BCUT2D eigenvalue weighted by molar-refractivity contribution is 0.134. The van der Waals surface area contributed by atoms with Crippen molar-refractivity contribution in [3.8, 4) is 28.0 Å². The molecule has 0 spiro atoms. The molecule has 0 atom stereocenters. The molecule has 6 heteroatoms. The van der Waals surface area contributed by atoms with Crippen molar-refractivity contribution >= 4 is 5.65 Å². The van der Waals surface area contributed by atoms with E-state index in [4.69, 9.17) is 9.72 Å². The molecule has 5 rings (SSSR count). The van der Waals surface area contributed by atoms with Crippen LogP contribution in [0.1, 0.15) is 5.56 Å². The summed E-state index contributed by atoms with van der Waals surface area (Å²) in [4.78, 5) is 9.54. The molecule has 1 fully saturated rings. The number of hydrogen-bond donors (Lipinski definition) is 0. The van der Waals surface area contributed by atoms with Gasteiger partial charge in [0.25, 0.3) is 0 Å². The van der Waals surface area contributed by atoms with E-state index in [1.54, 1.807) is 0 Å². The zero-order chi connectivity index (χ0) is 21.9. The van der Waals surface area contributed by atoms with E-state index in [-0.39, 0.29) is 0 Å². The maximum Gasteiger partial charge on any atom is 0.162 e. The number of piperazine rings is 1. The Morgan fingerprint density at radius 1 is 0.844 bits per heavy atom. The molecule has 1 aliphatic heterocycles. The Bertz CT molecular complexity index is 1180. The van der Waals surface area contributed by atoms with E-state index in [0.29, 0.717) is 6.61 Å². The fourth-order valence-electron chi connectivity index (χ4n) is 4.07. The first-order chi connectivity index (χ1) is 15.7. The van der Waals surface area contributed by atoms with Crippen LogP contribution in [0.25, 0.3) is 27.9 Å². The van der Waals surface area contributed by atoms with Gasteiger partial charge in [-0.1, -0.05) is 42.0 Å². The van der Waals surface area contributed by atoms with Crippen molar-refractivity contribution in [3.63, 3.8) is 0 Å². The van der Waals surface area contributed by atoms with Gasteiger partial charge >= 0.3 is 0 Å². The normalized spacial score (nSPS) is 15.3. The average Bonchev–Trinajstić information content (AvgIpc) is 3.25. The quantitative estimate of drug-likeness (QED) is 0.466. The number of aromatic nitrogens is 3. The van der Waals surface area contributed by atoms with Crippen LogP contribution in [0.3, 0.4) is 0 Å². The van der Waals surface area contributed by atoms with Gasteiger partial charge < -0.3 is 9.64 Å². The molecular weight excluding hydrogens is 398 g/mol. The first kappa shape index (κ1) is 20.7. The molecule has 6 nitrogen and oxygen atoms in total. The van der Waals surface area contributed by atoms with Crippen LogP contribution in [0.15, 0.2) is 67.1 Å². The van der Waals surface area contributed by atoms with Crippen LogP contribution >= 0.6 is 0 Å². The van der Waals surface area contributed by atoms with E-state index < -0.39 is 0 Å². The minimum Gasteiger partial charge on any atom is -0.492 e. The smallest absolute Gasteiger partial charge is 0.162 e. The number of fused-ring (bicyclic) bond motifs is 1. The van der Waals surface area contributed by atoms with Crippen molar-refractivity contribution in [2.75, 3.05) is 46.4 Å². The van der Waals surface area contributed by atoms with E-state index in [1.165, 1.54) is 5.56 Å². The molecule has 2 aromatic heterocycles. The molecule has 0 unspecified atom stereocenters. The molecule has 0 saturated carbocycles. The summed E-state index contributed by atoms with van der Waals surface area (Å²) in [7, 11) is 2.18. The Morgan fingerprint density at radius 2 is 1.56 bits per heavy atom. The number of hydrogen-bond acceptors (Lipinski definition) is 5. The Labute approximate surface area is 189 Å². The highest BCUT2D eigenvalue weighted by atomic mass is 16.5. The topological polar surface area (TPSA) is 45.9 Å². The second kappa shape index (κ2) is 9.10. The number of rotatable bonds is 6. The molecule has 0 N–H and O–H groups in total. The van der Waals surface area contributed by atoms with Crippen molar-refractivity contribution in [2.24, 2.45) is 0 Å². The van der Waals surface area contributed by atoms with Crippen LogP contribution < -0.4 is 4.74 Å². The zero-order valence-electron chi connectivity index (χ0n) is 18.7. The molecule has 0 amide bonds. The number of likely N-dealkylation sites (N-methyl/N-ethyl adjacent to an activating group) is 1. The van der Waals surface area contributed by atoms with Crippen molar-refractivity contribution in [1.29, 1.82) is 0 Å². The van der Waals surface area contributed by atoms with Crippen LogP contribution in [0.2, 0.25) is 0 Å². The standard InChI is InChI=1S/C26H29N5O/c1-20-3-5-22(6-4-20)25-18-28-31-19-23(17-27-26(25)31)21-7-9-24(10-8-21)32-16-15-30-13-11-29(2)12-14-30/h3-10,17-19H,11-16H2,1-2H3. The van der Waals surface area contributed by atoms with Crippen LogP contribution in [0.4, 0.5) is 0 Å². The molecule has 0 bridgehead atoms. The second-order valence-electron chi connectivity index (χ2n) is 8.55. The Hall–Kier alpha value is -3.22. The van der Waals surface area contributed by atoms with E-state index >= 15 is 0 Å². The van der Waals surface area contributed by atoms with E-state index in [2.05, 4.69) is 65.3 Å². The van der Waals surface area contributed by atoms with Crippen molar-refractivity contribution in [1.82, 2.24) is 24.4 Å². The summed E-state index contributed by atoms with van der Waals surface area (Å²) in [6.07, 6.45) is 5.83. The number of ether oxygens (including phenoxy) is 1. The Balaban J connectivity index is 1.24. The second-order valence-corrected chi connectivity index (χ2v) is 8.55. The summed E-state index contributed by atoms with van der Waals surface area (Å²) >= 11 is 0. The van der Waals surface area contributed by atoms with Gasteiger partial charge in [0.1, 0.15) is 12.4 Å². The maximum absolute atomic E-state index is 5.97. The number of benzene rings is 2. The molecular formula is C26H29N5O. The van der Waals surface area contributed by atoms with Gasteiger partial charge in [0.15, 0.2) is 5.65 Å². The molecule has 0 aliphatic carbocycles. The third kappa shape index (κ3) is 4.52. The van der Waals surface area contributed by atoms with Crippen molar-refractivity contribution in [3.05, 3.63) is 72.7 Å². The SMILES string of the molecule is Cc1ccc(-c2cnn3cc(-c4ccc(OCCN5CCN(C)CC5)cc4)cnc23)cc1. The van der Waals surface area contributed by atoms with Crippen LogP contribution in [0.5, 0.6) is 5.75 Å². The molecule has 4 aromatic rings. The van der Waals surface area contributed by atoms with E-state index in [0.717, 1.165) is 66.4 Å². The van der Waals surface area contributed by atoms with Gasteiger partial charge in [-0.3, -0.25) is 4.90 Å². The molecule has 1 saturated heterocycles. The number of aryl methyl sites for hydroxylation is 1. The van der Waals surface area contributed by atoms with Gasteiger partial charge in [-0.05, 0) is 37.2 Å². The summed E-state index contributed by atoms with van der Waals surface area (Å²) < 4.78 is 7.82. The van der Waals surface area contributed by atoms with Gasteiger partial charge in [-0.2, -0.15) is 5.10 Å². The maximum atomic E-state index is 5.97. The third-order valence-electron chi connectivity index (χ3n) is 6.18. The summed E-state index contributed by atoms with van der Waals surface area (Å²) in [6.45, 7) is 8.28. The lowest BCUT2D eigenvalue weighted by Crippen LogP contribution is -2.45. The molecule has 2 aromatic carbocycles. The van der Waals surface area contributed by atoms with Crippen LogP contribution in [-0.4, -0.2) is 70.8 Å². The fourth-order valence-corrected chi connectivity index (χ4v) is 4.07. The molecule has 3 heterocycles. The lowest BCUT2D eigenvalue weighted by atomic mass is 10.1. The minimum atomic E-state index is 0.714. The van der Waals surface area contributed by atoms with Crippen molar-refractivity contribution < 1.29 is 4.74 Å². The highest BCUT2D eigenvalue weighted by Gasteiger charge is 2.13. The highest BCUT2D eigenvalue weighted by Crippen LogP contribution is 2.26. The molecule has 0 radical (unpaired) electrons. The summed E-state index contributed by atoms with van der Waals surface area (Å²) in [5, 5.41) is 4.53. The van der Waals surface area contributed by atoms with Crippen LogP contribution in [0, 0.1) is 6.92 Å². The number of nitrogens with zero attached hydrogens (tertiary/aromatic N) is 5. The predicted molar refractivity (Wildman–Crippen MR) is 128 cm³/mol. The Kier molecular flexibility index (Phi) is 5.88. The first-order valence-electron chi connectivity index (χ1n) is 11.2. The predicted octanol–water partition coefficient (Wildman–Crippen LogP) is 4.00. The van der Waals surface area contributed by atoms with Gasteiger partial charge in [-0.15, -0.1) is 0 Å².